The topological polar surface area (TPSA) is 64.1 Å². The Hall–Kier alpha value is -2.50. The number of aromatic hydroxyl groups is 1. The largest absolute Gasteiger partial charge is 0.508 e. The first-order valence-corrected chi connectivity index (χ1v) is 6.19. The van der Waals surface area contributed by atoms with Gasteiger partial charge in [-0.25, -0.2) is 14.5 Å². The summed E-state index contributed by atoms with van der Waals surface area (Å²) in [4.78, 5) is 28.3. The lowest BCUT2D eigenvalue weighted by Gasteiger charge is -2.44. The fourth-order valence-corrected chi connectivity index (χ4v) is 2.33. The van der Waals surface area contributed by atoms with E-state index in [1.165, 1.54) is 22.9 Å². The number of imide groups is 1. The van der Waals surface area contributed by atoms with Crippen LogP contribution in [0.25, 0.3) is 0 Å². The lowest BCUT2D eigenvalue weighted by Crippen LogP contribution is -2.59. The molecular weight excluding hydrogens is 258 g/mol. The van der Waals surface area contributed by atoms with Crippen molar-refractivity contribution >= 4 is 12.1 Å². The number of carbonyl (C=O) groups excluding carboxylic acids is 2. The smallest absolute Gasteiger partial charge is 0.330 e. The molecule has 2 rings (SSSR count). The number of hydrogen-bond donors (Lipinski definition) is 1. The Kier molecular flexibility index (Phi) is 3.65. The molecule has 20 heavy (non-hydrogen) atoms. The zero-order valence-corrected chi connectivity index (χ0v) is 11.5. The van der Waals surface area contributed by atoms with Crippen molar-refractivity contribution in [1.29, 1.82) is 0 Å². The Morgan fingerprint density at radius 2 is 1.90 bits per heavy atom. The molecule has 0 bridgehead atoms. The van der Waals surface area contributed by atoms with E-state index >= 15 is 0 Å². The van der Waals surface area contributed by atoms with Crippen LogP contribution < -0.4 is 0 Å². The number of carbonyl (C=O) groups is 2. The summed E-state index contributed by atoms with van der Waals surface area (Å²) in [5.74, 6) is 0.0450. The maximum atomic E-state index is 12.2. The van der Waals surface area contributed by atoms with Gasteiger partial charge in [-0.05, 0) is 6.07 Å². The number of benzene rings is 1. The summed E-state index contributed by atoms with van der Waals surface area (Å²) in [6.45, 7) is 3.91. The molecule has 1 atom stereocenters. The van der Waals surface area contributed by atoms with E-state index in [-0.39, 0.29) is 12.3 Å². The van der Waals surface area contributed by atoms with Crippen LogP contribution in [-0.2, 0) is 0 Å². The van der Waals surface area contributed by atoms with Crippen LogP contribution in [0.5, 0.6) is 5.75 Å². The lowest BCUT2D eigenvalue weighted by atomic mass is 10.1. The average molecular weight is 275 g/mol. The molecule has 1 aromatic carbocycles. The number of rotatable bonds is 3. The summed E-state index contributed by atoms with van der Waals surface area (Å²) in [6, 6.07) is 5.84. The number of hydrogen-bond acceptors (Lipinski definition) is 3. The first-order valence-electron chi connectivity index (χ1n) is 6.19. The maximum Gasteiger partial charge on any atom is 0.330 e. The number of para-hydroxylation sites is 1. The van der Waals surface area contributed by atoms with E-state index in [4.69, 9.17) is 0 Å². The molecule has 0 saturated carbocycles. The summed E-state index contributed by atoms with van der Waals surface area (Å²) in [7, 11) is 3.02. The third-order valence-corrected chi connectivity index (χ3v) is 3.32. The Labute approximate surface area is 117 Å². The number of urea groups is 2. The summed E-state index contributed by atoms with van der Waals surface area (Å²) >= 11 is 0. The first-order chi connectivity index (χ1) is 9.49. The SMILES string of the molecule is C=CCN1C(=O)N(C)C(=O)N(C)C1c1ccccc1O. The van der Waals surface area contributed by atoms with Crippen LogP contribution in [0.3, 0.4) is 0 Å². The standard InChI is InChI=1S/C14H17N3O3/c1-4-9-17-12(10-7-5-6-8-11(10)18)15(2)13(19)16(3)14(17)20/h4-8,12,18H,1,9H2,2-3H3. The molecule has 6 heteroatoms. The van der Waals surface area contributed by atoms with Crippen molar-refractivity contribution in [2.45, 2.75) is 6.17 Å². The maximum absolute atomic E-state index is 12.2. The summed E-state index contributed by atoms with van der Waals surface area (Å²) in [5.41, 5.74) is 0.506. The molecule has 6 nitrogen and oxygen atoms in total. The van der Waals surface area contributed by atoms with Gasteiger partial charge in [0.1, 0.15) is 11.9 Å². The van der Waals surface area contributed by atoms with Gasteiger partial charge in [0, 0.05) is 26.2 Å². The second kappa shape index (κ2) is 5.24. The minimum atomic E-state index is -0.648. The van der Waals surface area contributed by atoms with Gasteiger partial charge in [0.15, 0.2) is 0 Å². The quantitative estimate of drug-likeness (QED) is 0.858. The van der Waals surface area contributed by atoms with E-state index < -0.39 is 18.2 Å². The van der Waals surface area contributed by atoms with Crippen molar-refractivity contribution in [2.24, 2.45) is 0 Å². The van der Waals surface area contributed by atoms with Crippen LogP contribution in [0.15, 0.2) is 36.9 Å². The highest BCUT2D eigenvalue weighted by Gasteiger charge is 2.41. The van der Waals surface area contributed by atoms with Crippen molar-refractivity contribution in [1.82, 2.24) is 14.7 Å². The Balaban J connectivity index is 2.51. The highest BCUT2D eigenvalue weighted by molar-refractivity contribution is 5.96. The van der Waals surface area contributed by atoms with E-state index in [1.54, 1.807) is 31.3 Å². The van der Waals surface area contributed by atoms with E-state index in [2.05, 4.69) is 6.58 Å². The van der Waals surface area contributed by atoms with Crippen LogP contribution in [0.4, 0.5) is 9.59 Å². The Bertz CT molecular complexity index is 558. The zero-order valence-electron chi connectivity index (χ0n) is 11.5. The molecule has 1 saturated heterocycles. The van der Waals surface area contributed by atoms with Crippen LogP contribution in [0.1, 0.15) is 11.7 Å². The number of phenols is 1. The van der Waals surface area contributed by atoms with Crippen molar-refractivity contribution in [3.63, 3.8) is 0 Å². The normalized spacial score (nSPS) is 19.5. The van der Waals surface area contributed by atoms with Gasteiger partial charge in [0.25, 0.3) is 0 Å². The fraction of sp³-hybridized carbons (Fsp3) is 0.286. The van der Waals surface area contributed by atoms with Gasteiger partial charge in [-0.1, -0.05) is 24.3 Å². The highest BCUT2D eigenvalue weighted by Crippen LogP contribution is 2.34. The van der Waals surface area contributed by atoms with Crippen LogP contribution in [0.2, 0.25) is 0 Å². The van der Waals surface area contributed by atoms with Gasteiger partial charge in [-0.15, -0.1) is 6.58 Å². The Morgan fingerprint density at radius 1 is 1.25 bits per heavy atom. The van der Waals surface area contributed by atoms with Gasteiger partial charge >= 0.3 is 12.1 Å². The van der Waals surface area contributed by atoms with Crippen molar-refractivity contribution < 1.29 is 14.7 Å². The monoisotopic (exact) mass is 275 g/mol. The van der Waals surface area contributed by atoms with Crippen LogP contribution in [-0.4, -0.2) is 52.5 Å². The molecule has 106 valence electrons. The summed E-state index contributed by atoms with van der Waals surface area (Å²) < 4.78 is 0. The first kappa shape index (κ1) is 13.9. The van der Waals surface area contributed by atoms with E-state index in [9.17, 15) is 14.7 Å². The molecule has 1 fully saturated rings. The van der Waals surface area contributed by atoms with Gasteiger partial charge in [0.2, 0.25) is 0 Å². The van der Waals surface area contributed by atoms with E-state index in [0.29, 0.717) is 5.56 Å². The molecule has 0 spiro atoms. The summed E-state index contributed by atoms with van der Waals surface area (Å²) in [5, 5.41) is 9.99. The molecular formula is C14H17N3O3. The molecule has 0 aromatic heterocycles. The third kappa shape index (κ3) is 2.09. The molecule has 1 heterocycles. The van der Waals surface area contributed by atoms with Crippen LogP contribution in [0, 0.1) is 0 Å². The molecule has 1 aliphatic rings. The van der Waals surface area contributed by atoms with E-state index in [0.717, 1.165) is 4.90 Å². The number of phenolic OH excluding ortho intramolecular Hbond substituents is 1. The molecule has 1 unspecified atom stereocenters. The molecule has 1 N–H and O–H groups in total. The van der Waals surface area contributed by atoms with Crippen LogP contribution >= 0.6 is 0 Å². The van der Waals surface area contributed by atoms with Crippen molar-refractivity contribution in [3.05, 3.63) is 42.5 Å². The highest BCUT2D eigenvalue weighted by atomic mass is 16.3. The zero-order chi connectivity index (χ0) is 14.9. The second-order valence-corrected chi connectivity index (χ2v) is 4.61. The second-order valence-electron chi connectivity index (χ2n) is 4.61. The van der Waals surface area contributed by atoms with Crippen molar-refractivity contribution in [2.75, 3.05) is 20.6 Å². The lowest BCUT2D eigenvalue weighted by molar-refractivity contribution is 0.0519. The molecule has 1 aromatic rings. The third-order valence-electron chi connectivity index (χ3n) is 3.32. The summed E-state index contributed by atoms with van der Waals surface area (Å²) in [6.07, 6.45) is 0.938. The fourth-order valence-electron chi connectivity index (χ4n) is 2.33. The minimum Gasteiger partial charge on any atom is -0.508 e. The average Bonchev–Trinajstić information content (AvgIpc) is 2.44. The van der Waals surface area contributed by atoms with Gasteiger partial charge in [0.05, 0.1) is 0 Å². The van der Waals surface area contributed by atoms with Gasteiger partial charge in [-0.2, -0.15) is 0 Å². The molecule has 4 amide bonds. The minimum absolute atomic E-state index is 0.0450. The van der Waals surface area contributed by atoms with E-state index in [1.807, 2.05) is 0 Å². The molecule has 0 aliphatic carbocycles. The van der Waals surface area contributed by atoms with Gasteiger partial charge < -0.3 is 10.0 Å². The van der Waals surface area contributed by atoms with Crippen molar-refractivity contribution in [3.8, 4) is 5.75 Å². The van der Waals surface area contributed by atoms with Gasteiger partial charge in [-0.3, -0.25) is 4.90 Å². The number of amides is 4. The predicted octanol–water partition coefficient (Wildman–Crippen LogP) is 2.00. The molecule has 0 radical (unpaired) electrons. The molecule has 1 aliphatic heterocycles. The predicted molar refractivity (Wildman–Crippen MR) is 74.1 cm³/mol. The Morgan fingerprint density at radius 3 is 2.50 bits per heavy atom. The number of nitrogens with zero attached hydrogens (tertiary/aromatic N) is 3.